The Morgan fingerprint density at radius 3 is 2.81 bits per heavy atom. The van der Waals surface area contributed by atoms with E-state index in [1.54, 1.807) is 22.7 Å². The molecule has 1 N–H and O–H groups in total. The first-order valence-electron chi connectivity index (χ1n) is 10.6. The zero-order valence-electron chi connectivity index (χ0n) is 17.7. The van der Waals surface area contributed by atoms with E-state index in [0.29, 0.717) is 10.6 Å². The van der Waals surface area contributed by atoms with Crippen molar-refractivity contribution in [2.75, 3.05) is 11.1 Å². The predicted molar refractivity (Wildman–Crippen MR) is 128 cm³/mol. The van der Waals surface area contributed by atoms with Crippen LogP contribution < -0.4 is 5.32 Å². The number of thiophene rings is 2. The van der Waals surface area contributed by atoms with Gasteiger partial charge in [0.25, 0.3) is 0 Å². The minimum absolute atomic E-state index is 0.116. The van der Waals surface area contributed by atoms with Gasteiger partial charge in [-0.1, -0.05) is 24.6 Å². The molecular formula is C22H25N5OS3. The third-order valence-corrected chi connectivity index (χ3v) is 8.43. The Bertz CT molecular complexity index is 1120. The molecule has 3 aromatic rings. The van der Waals surface area contributed by atoms with Crippen LogP contribution >= 0.6 is 34.4 Å². The standard InChI is InChI=1S/C22H25N5OS3/c1-3-27-20(15-10-14(2)29-12-15)25-26-22(27)30-13-19(28)24-21-17(11-23)16-8-6-4-5-7-9-18(16)31-21/h10,12H,3-9,13H2,1-2H3,(H,24,28). The van der Waals surface area contributed by atoms with Crippen LogP contribution in [0, 0.1) is 18.3 Å². The average molecular weight is 472 g/mol. The molecule has 31 heavy (non-hydrogen) atoms. The highest BCUT2D eigenvalue weighted by atomic mass is 32.2. The SMILES string of the molecule is CCn1c(SCC(=O)Nc2sc3c(c2C#N)CCCCCC3)nnc1-c1csc(C)c1. The molecule has 0 radical (unpaired) electrons. The highest BCUT2D eigenvalue weighted by Crippen LogP contribution is 2.36. The Morgan fingerprint density at radius 2 is 2.10 bits per heavy atom. The fraction of sp³-hybridized carbons (Fsp3) is 0.455. The number of amides is 1. The normalized spacial score (nSPS) is 13.8. The summed E-state index contributed by atoms with van der Waals surface area (Å²) >= 11 is 4.64. The number of nitriles is 1. The van der Waals surface area contributed by atoms with Crippen LogP contribution in [0.15, 0.2) is 16.6 Å². The molecule has 1 aliphatic carbocycles. The minimum Gasteiger partial charge on any atom is -0.316 e. The number of carbonyl (C=O) groups excluding carboxylic acids is 1. The first-order valence-corrected chi connectivity index (χ1v) is 13.2. The smallest absolute Gasteiger partial charge is 0.235 e. The van der Waals surface area contributed by atoms with Gasteiger partial charge in [-0.2, -0.15) is 5.26 Å². The van der Waals surface area contributed by atoms with E-state index in [-0.39, 0.29) is 11.7 Å². The number of hydrogen-bond acceptors (Lipinski definition) is 7. The molecule has 0 saturated carbocycles. The largest absolute Gasteiger partial charge is 0.316 e. The molecule has 0 atom stereocenters. The number of fused-ring (bicyclic) bond motifs is 1. The number of nitrogens with zero attached hydrogens (tertiary/aromatic N) is 4. The van der Waals surface area contributed by atoms with Gasteiger partial charge in [0.15, 0.2) is 11.0 Å². The Labute approximate surface area is 194 Å². The second-order valence-electron chi connectivity index (χ2n) is 7.57. The molecule has 0 saturated heterocycles. The van der Waals surface area contributed by atoms with Crippen molar-refractivity contribution >= 4 is 45.3 Å². The average Bonchev–Trinajstić information content (AvgIpc) is 3.43. The van der Waals surface area contributed by atoms with Crippen molar-refractivity contribution in [3.8, 4) is 17.5 Å². The molecule has 1 amide bonds. The van der Waals surface area contributed by atoms with Gasteiger partial charge in [-0.05, 0) is 51.2 Å². The van der Waals surface area contributed by atoms with Crippen molar-refractivity contribution in [3.63, 3.8) is 0 Å². The lowest BCUT2D eigenvalue weighted by Crippen LogP contribution is -2.14. The Morgan fingerprint density at radius 1 is 1.29 bits per heavy atom. The van der Waals surface area contributed by atoms with E-state index < -0.39 is 0 Å². The van der Waals surface area contributed by atoms with Gasteiger partial charge in [-0.15, -0.1) is 32.9 Å². The number of thioether (sulfide) groups is 1. The van der Waals surface area contributed by atoms with Crippen molar-refractivity contribution in [1.29, 1.82) is 5.26 Å². The lowest BCUT2D eigenvalue weighted by Gasteiger charge is -2.08. The lowest BCUT2D eigenvalue weighted by molar-refractivity contribution is -0.113. The first-order chi connectivity index (χ1) is 15.1. The summed E-state index contributed by atoms with van der Waals surface area (Å²) in [5.41, 5.74) is 2.87. The molecule has 3 heterocycles. The Balaban J connectivity index is 1.45. The van der Waals surface area contributed by atoms with Crippen LogP contribution in [0.3, 0.4) is 0 Å². The summed E-state index contributed by atoms with van der Waals surface area (Å²) in [5.74, 6) is 0.947. The number of aryl methyl sites for hydroxylation is 2. The third-order valence-electron chi connectivity index (χ3n) is 5.39. The fourth-order valence-corrected chi connectivity index (χ4v) is 6.61. The minimum atomic E-state index is -0.116. The molecule has 6 nitrogen and oxygen atoms in total. The van der Waals surface area contributed by atoms with Crippen molar-refractivity contribution in [1.82, 2.24) is 14.8 Å². The van der Waals surface area contributed by atoms with E-state index >= 15 is 0 Å². The van der Waals surface area contributed by atoms with Crippen molar-refractivity contribution in [2.45, 2.75) is 64.1 Å². The molecule has 3 aromatic heterocycles. The van der Waals surface area contributed by atoms with E-state index in [4.69, 9.17) is 0 Å². The second-order valence-corrected chi connectivity index (χ2v) is 10.7. The quantitative estimate of drug-likeness (QED) is 0.469. The van der Waals surface area contributed by atoms with E-state index in [2.05, 4.69) is 46.9 Å². The Hall–Kier alpha value is -2.15. The number of nitrogens with one attached hydrogen (secondary N) is 1. The Kier molecular flexibility index (Phi) is 7.10. The molecule has 0 fully saturated rings. The summed E-state index contributed by atoms with van der Waals surface area (Å²) in [7, 11) is 0. The lowest BCUT2D eigenvalue weighted by atomic mass is 9.97. The van der Waals surface area contributed by atoms with E-state index in [0.717, 1.165) is 54.3 Å². The molecule has 0 spiro atoms. The number of hydrogen-bond donors (Lipinski definition) is 1. The zero-order valence-corrected chi connectivity index (χ0v) is 20.2. The van der Waals surface area contributed by atoms with Gasteiger partial charge >= 0.3 is 0 Å². The van der Waals surface area contributed by atoms with Crippen molar-refractivity contribution in [2.24, 2.45) is 0 Å². The summed E-state index contributed by atoms with van der Waals surface area (Å²) in [5, 5.41) is 24.9. The highest BCUT2D eigenvalue weighted by molar-refractivity contribution is 7.99. The second kappa shape index (κ2) is 9.98. The maximum Gasteiger partial charge on any atom is 0.235 e. The van der Waals surface area contributed by atoms with Crippen LogP contribution in [0.25, 0.3) is 11.4 Å². The van der Waals surface area contributed by atoms with Crippen LogP contribution in [0.2, 0.25) is 0 Å². The van der Waals surface area contributed by atoms with Crippen LogP contribution in [0.1, 0.15) is 53.5 Å². The summed E-state index contributed by atoms with van der Waals surface area (Å²) in [4.78, 5) is 15.2. The van der Waals surface area contributed by atoms with E-state index in [1.165, 1.54) is 34.4 Å². The molecule has 0 bridgehead atoms. The van der Waals surface area contributed by atoms with Gasteiger partial charge in [-0.25, -0.2) is 0 Å². The number of aromatic nitrogens is 3. The van der Waals surface area contributed by atoms with Crippen molar-refractivity contribution < 1.29 is 4.79 Å². The van der Waals surface area contributed by atoms with Crippen LogP contribution in [-0.2, 0) is 24.2 Å². The predicted octanol–water partition coefficient (Wildman–Crippen LogP) is 5.66. The van der Waals surface area contributed by atoms with Crippen LogP contribution in [-0.4, -0.2) is 26.4 Å². The highest BCUT2D eigenvalue weighted by Gasteiger charge is 2.21. The maximum absolute atomic E-state index is 12.7. The molecule has 0 aliphatic heterocycles. The molecule has 0 aromatic carbocycles. The van der Waals surface area contributed by atoms with Crippen LogP contribution in [0.4, 0.5) is 5.00 Å². The summed E-state index contributed by atoms with van der Waals surface area (Å²) in [6.45, 7) is 4.86. The van der Waals surface area contributed by atoms with Gasteiger partial charge in [0, 0.05) is 27.2 Å². The molecule has 0 unspecified atom stereocenters. The topological polar surface area (TPSA) is 83.6 Å². The van der Waals surface area contributed by atoms with Gasteiger partial charge in [0.2, 0.25) is 5.91 Å². The number of anilines is 1. The number of rotatable bonds is 6. The van der Waals surface area contributed by atoms with Gasteiger partial charge < -0.3 is 9.88 Å². The van der Waals surface area contributed by atoms with Crippen molar-refractivity contribution in [3.05, 3.63) is 32.3 Å². The number of carbonyl (C=O) groups is 1. The molecular weight excluding hydrogens is 446 g/mol. The van der Waals surface area contributed by atoms with E-state index in [1.807, 2.05) is 4.57 Å². The summed E-state index contributed by atoms with van der Waals surface area (Å²) in [6, 6.07) is 4.44. The monoisotopic (exact) mass is 471 g/mol. The van der Waals surface area contributed by atoms with E-state index in [9.17, 15) is 10.1 Å². The van der Waals surface area contributed by atoms with Gasteiger partial charge in [0.1, 0.15) is 11.1 Å². The molecule has 4 rings (SSSR count). The molecule has 9 heteroatoms. The maximum atomic E-state index is 12.7. The van der Waals surface area contributed by atoms with Gasteiger partial charge in [-0.3, -0.25) is 4.79 Å². The zero-order chi connectivity index (χ0) is 21.8. The first kappa shape index (κ1) is 22.1. The van der Waals surface area contributed by atoms with Crippen LogP contribution in [0.5, 0.6) is 0 Å². The third kappa shape index (κ3) is 4.86. The summed E-state index contributed by atoms with van der Waals surface area (Å²) in [6.07, 6.45) is 6.65. The van der Waals surface area contributed by atoms with Gasteiger partial charge in [0.05, 0.1) is 11.3 Å². The fourth-order valence-electron chi connectivity index (χ4n) is 3.87. The molecule has 162 valence electrons. The molecule has 1 aliphatic rings. The summed E-state index contributed by atoms with van der Waals surface area (Å²) < 4.78 is 2.04.